The molecule has 0 saturated heterocycles. The van der Waals surface area contributed by atoms with Crippen molar-refractivity contribution in [3.8, 4) is 0 Å². The number of carbonyl (C=O) groups is 2. The SMILES string of the molecule is COCc1nc(C(=O)Nc2cccc(CCC(=O)O)c2)cs1. The van der Waals surface area contributed by atoms with Crippen LogP contribution in [0.4, 0.5) is 5.69 Å². The van der Waals surface area contributed by atoms with Crippen LogP contribution in [0.25, 0.3) is 0 Å². The fourth-order valence-corrected chi connectivity index (χ4v) is 2.60. The number of hydrogen-bond donors (Lipinski definition) is 2. The Morgan fingerprint density at radius 3 is 2.95 bits per heavy atom. The lowest BCUT2D eigenvalue weighted by Crippen LogP contribution is -2.12. The Morgan fingerprint density at radius 2 is 2.23 bits per heavy atom. The van der Waals surface area contributed by atoms with E-state index in [0.29, 0.717) is 24.4 Å². The predicted octanol–water partition coefficient (Wildman–Crippen LogP) is 2.56. The zero-order valence-electron chi connectivity index (χ0n) is 12.0. The van der Waals surface area contributed by atoms with E-state index in [1.807, 2.05) is 6.07 Å². The van der Waals surface area contributed by atoms with Gasteiger partial charge >= 0.3 is 5.97 Å². The minimum absolute atomic E-state index is 0.0594. The highest BCUT2D eigenvalue weighted by molar-refractivity contribution is 7.09. The number of aliphatic carboxylic acids is 1. The summed E-state index contributed by atoms with van der Waals surface area (Å²) in [6.07, 6.45) is 0.484. The van der Waals surface area contributed by atoms with Crippen LogP contribution in [0.3, 0.4) is 0 Å². The van der Waals surface area contributed by atoms with Gasteiger partial charge in [-0.3, -0.25) is 9.59 Å². The van der Waals surface area contributed by atoms with Gasteiger partial charge in [0.25, 0.3) is 5.91 Å². The average Bonchev–Trinajstić information content (AvgIpc) is 2.95. The van der Waals surface area contributed by atoms with E-state index in [1.165, 1.54) is 11.3 Å². The smallest absolute Gasteiger partial charge is 0.303 e. The molecule has 2 N–H and O–H groups in total. The van der Waals surface area contributed by atoms with Gasteiger partial charge in [-0.25, -0.2) is 4.98 Å². The summed E-state index contributed by atoms with van der Waals surface area (Å²) in [6, 6.07) is 7.14. The Hall–Kier alpha value is -2.25. The first-order valence-corrected chi connectivity index (χ1v) is 7.52. The monoisotopic (exact) mass is 320 g/mol. The summed E-state index contributed by atoms with van der Waals surface area (Å²) >= 11 is 1.37. The van der Waals surface area contributed by atoms with Crippen molar-refractivity contribution in [2.45, 2.75) is 19.4 Å². The molecule has 7 heteroatoms. The molecule has 1 heterocycles. The Balaban J connectivity index is 2.01. The van der Waals surface area contributed by atoms with Crippen LogP contribution < -0.4 is 5.32 Å². The number of aromatic nitrogens is 1. The van der Waals surface area contributed by atoms with Crippen LogP contribution in [-0.4, -0.2) is 29.1 Å². The van der Waals surface area contributed by atoms with Crippen LogP contribution >= 0.6 is 11.3 Å². The van der Waals surface area contributed by atoms with Crippen LogP contribution in [0.5, 0.6) is 0 Å². The summed E-state index contributed by atoms with van der Waals surface area (Å²) < 4.78 is 4.97. The number of benzene rings is 1. The van der Waals surface area contributed by atoms with Gasteiger partial charge in [0, 0.05) is 24.6 Å². The fourth-order valence-electron chi connectivity index (χ4n) is 1.86. The topological polar surface area (TPSA) is 88.5 Å². The first-order chi connectivity index (χ1) is 10.6. The number of aryl methyl sites for hydroxylation is 1. The number of hydrogen-bond acceptors (Lipinski definition) is 5. The molecular weight excluding hydrogens is 304 g/mol. The molecule has 0 bridgehead atoms. The molecule has 0 aliphatic rings. The number of rotatable bonds is 7. The second kappa shape index (κ2) is 7.67. The van der Waals surface area contributed by atoms with E-state index >= 15 is 0 Å². The molecule has 6 nitrogen and oxygen atoms in total. The van der Waals surface area contributed by atoms with Gasteiger partial charge in [-0.15, -0.1) is 11.3 Å². The highest BCUT2D eigenvalue weighted by Crippen LogP contribution is 2.15. The number of anilines is 1. The van der Waals surface area contributed by atoms with Crippen molar-refractivity contribution in [3.05, 3.63) is 45.9 Å². The standard InChI is InChI=1S/C15H16N2O4S/c1-21-8-13-17-12(9-22-13)15(20)16-11-4-2-3-10(7-11)5-6-14(18)19/h2-4,7,9H,5-6,8H2,1H3,(H,16,20)(H,18,19). The van der Waals surface area contributed by atoms with Gasteiger partial charge in [0.05, 0.1) is 6.61 Å². The molecule has 0 fully saturated rings. The molecule has 0 aliphatic carbocycles. The van der Waals surface area contributed by atoms with Crippen molar-refractivity contribution >= 4 is 28.9 Å². The second-order valence-electron chi connectivity index (χ2n) is 4.61. The number of methoxy groups -OCH3 is 1. The van der Waals surface area contributed by atoms with E-state index in [4.69, 9.17) is 9.84 Å². The van der Waals surface area contributed by atoms with Crippen molar-refractivity contribution in [2.24, 2.45) is 0 Å². The lowest BCUT2D eigenvalue weighted by Gasteiger charge is -2.05. The third-order valence-corrected chi connectivity index (χ3v) is 3.69. The zero-order valence-corrected chi connectivity index (χ0v) is 12.9. The Morgan fingerprint density at radius 1 is 1.41 bits per heavy atom. The number of nitrogens with one attached hydrogen (secondary N) is 1. The van der Waals surface area contributed by atoms with E-state index in [1.54, 1.807) is 30.7 Å². The number of nitrogens with zero attached hydrogens (tertiary/aromatic N) is 1. The van der Waals surface area contributed by atoms with Gasteiger partial charge in [-0.05, 0) is 24.1 Å². The number of carboxylic acids is 1. The molecule has 0 radical (unpaired) electrons. The number of carboxylic acid groups (broad SMARTS) is 1. The highest BCUT2D eigenvalue weighted by atomic mass is 32.1. The van der Waals surface area contributed by atoms with Crippen molar-refractivity contribution in [2.75, 3.05) is 12.4 Å². The molecule has 0 unspecified atom stereocenters. The number of thiazole rings is 1. The van der Waals surface area contributed by atoms with E-state index in [2.05, 4.69) is 10.3 Å². The second-order valence-corrected chi connectivity index (χ2v) is 5.55. The molecule has 0 aliphatic heterocycles. The largest absolute Gasteiger partial charge is 0.481 e. The summed E-state index contributed by atoms with van der Waals surface area (Å²) in [6.45, 7) is 0.378. The molecule has 116 valence electrons. The fraction of sp³-hybridized carbons (Fsp3) is 0.267. The highest BCUT2D eigenvalue weighted by Gasteiger charge is 2.11. The van der Waals surface area contributed by atoms with Crippen molar-refractivity contribution in [1.82, 2.24) is 4.98 Å². The molecule has 0 atom stereocenters. The Labute approximate surface area is 131 Å². The maximum Gasteiger partial charge on any atom is 0.303 e. The van der Waals surface area contributed by atoms with Gasteiger partial charge in [-0.2, -0.15) is 0 Å². The summed E-state index contributed by atoms with van der Waals surface area (Å²) in [5, 5.41) is 13.9. The molecule has 2 aromatic rings. The van der Waals surface area contributed by atoms with Crippen molar-refractivity contribution in [1.29, 1.82) is 0 Å². The molecule has 1 aromatic carbocycles. The van der Waals surface area contributed by atoms with E-state index < -0.39 is 5.97 Å². The van der Waals surface area contributed by atoms with Crippen LogP contribution in [0.2, 0.25) is 0 Å². The average molecular weight is 320 g/mol. The van der Waals surface area contributed by atoms with E-state index in [-0.39, 0.29) is 12.3 Å². The van der Waals surface area contributed by atoms with Crippen LogP contribution in [0, 0.1) is 0 Å². The summed E-state index contributed by atoms with van der Waals surface area (Å²) in [7, 11) is 1.57. The summed E-state index contributed by atoms with van der Waals surface area (Å²) in [4.78, 5) is 26.9. The molecule has 1 aromatic heterocycles. The third-order valence-electron chi connectivity index (χ3n) is 2.86. The lowest BCUT2D eigenvalue weighted by molar-refractivity contribution is -0.136. The van der Waals surface area contributed by atoms with Crippen LogP contribution in [0.15, 0.2) is 29.6 Å². The first-order valence-electron chi connectivity index (χ1n) is 6.64. The van der Waals surface area contributed by atoms with Gasteiger partial charge in [-0.1, -0.05) is 12.1 Å². The molecule has 0 saturated carbocycles. The van der Waals surface area contributed by atoms with Crippen LogP contribution in [0.1, 0.15) is 27.5 Å². The van der Waals surface area contributed by atoms with Gasteiger partial charge in [0.1, 0.15) is 10.7 Å². The predicted molar refractivity (Wildman–Crippen MR) is 83.2 cm³/mol. The molecular formula is C15H16N2O4S. The maximum atomic E-state index is 12.1. The Kier molecular flexibility index (Phi) is 5.62. The van der Waals surface area contributed by atoms with E-state index in [9.17, 15) is 9.59 Å². The van der Waals surface area contributed by atoms with Crippen LogP contribution in [-0.2, 0) is 22.6 Å². The Bertz CT molecular complexity index is 669. The summed E-state index contributed by atoms with van der Waals surface area (Å²) in [5.74, 6) is -1.14. The van der Waals surface area contributed by atoms with Crippen molar-refractivity contribution in [3.63, 3.8) is 0 Å². The third kappa shape index (κ3) is 4.64. The molecule has 0 spiro atoms. The zero-order chi connectivity index (χ0) is 15.9. The van der Waals surface area contributed by atoms with Gasteiger partial charge in [0.2, 0.25) is 0 Å². The maximum absolute atomic E-state index is 12.1. The number of ether oxygens (including phenoxy) is 1. The normalized spacial score (nSPS) is 10.4. The minimum atomic E-state index is -0.845. The first kappa shape index (κ1) is 16.1. The van der Waals surface area contributed by atoms with E-state index in [0.717, 1.165) is 10.6 Å². The van der Waals surface area contributed by atoms with Crippen molar-refractivity contribution < 1.29 is 19.4 Å². The lowest BCUT2D eigenvalue weighted by atomic mass is 10.1. The minimum Gasteiger partial charge on any atom is -0.481 e. The quantitative estimate of drug-likeness (QED) is 0.818. The number of carbonyl (C=O) groups excluding carboxylic acids is 1. The number of amides is 1. The molecule has 1 amide bonds. The van der Waals surface area contributed by atoms with Gasteiger partial charge in [0.15, 0.2) is 0 Å². The molecule has 22 heavy (non-hydrogen) atoms. The molecule has 2 rings (SSSR count). The summed E-state index contributed by atoms with van der Waals surface area (Å²) in [5.41, 5.74) is 1.82. The van der Waals surface area contributed by atoms with Gasteiger partial charge < -0.3 is 15.2 Å².